The number of amides is 1. The summed E-state index contributed by atoms with van der Waals surface area (Å²) in [7, 11) is 3.40. The molecule has 0 spiro atoms. The zero-order valence-electron chi connectivity index (χ0n) is 13.8. The van der Waals surface area contributed by atoms with E-state index in [1.807, 2.05) is 49.4 Å². The second-order valence-corrected chi connectivity index (χ2v) is 6.34. The number of ether oxygens (including phenoxy) is 2. The van der Waals surface area contributed by atoms with Gasteiger partial charge >= 0.3 is 0 Å². The van der Waals surface area contributed by atoms with E-state index in [0.29, 0.717) is 23.7 Å². The zero-order valence-corrected chi connectivity index (χ0v) is 15.4. The van der Waals surface area contributed by atoms with Gasteiger partial charge in [-0.25, -0.2) is 0 Å². The van der Waals surface area contributed by atoms with Crippen LogP contribution in [-0.4, -0.2) is 26.7 Å². The smallest absolute Gasteiger partial charge is 0.258 e. The summed E-state index contributed by atoms with van der Waals surface area (Å²) in [4.78, 5) is 14.3. The average molecular weight is 388 g/mol. The van der Waals surface area contributed by atoms with E-state index in [2.05, 4.69) is 15.9 Å². The van der Waals surface area contributed by atoms with Gasteiger partial charge in [-0.2, -0.15) is 0 Å². The highest BCUT2D eigenvalue weighted by Gasteiger charge is 2.29. The van der Waals surface area contributed by atoms with E-state index in [0.717, 1.165) is 21.3 Å². The minimum absolute atomic E-state index is 0.0168. The third-order valence-corrected chi connectivity index (χ3v) is 4.44. The van der Waals surface area contributed by atoms with Crippen LogP contribution in [0.2, 0.25) is 0 Å². The number of rotatable bonds is 4. The third-order valence-electron chi connectivity index (χ3n) is 3.94. The normalized spacial score (nSPS) is 14.9. The van der Waals surface area contributed by atoms with Crippen LogP contribution in [0.4, 0.5) is 5.69 Å². The fourth-order valence-corrected chi connectivity index (χ4v) is 3.14. The number of hydrogen-bond donors (Lipinski definition) is 0. The minimum atomic E-state index is -0.0168. The van der Waals surface area contributed by atoms with E-state index < -0.39 is 0 Å². The molecule has 24 heavy (non-hydrogen) atoms. The molecule has 0 saturated carbocycles. The molecule has 1 heterocycles. The molecule has 0 atom stereocenters. The lowest BCUT2D eigenvalue weighted by molar-refractivity contribution is -0.112. The van der Waals surface area contributed by atoms with E-state index in [9.17, 15) is 4.79 Å². The maximum absolute atomic E-state index is 12.6. The fraction of sp³-hybridized carbons (Fsp3) is 0.211. The number of likely N-dealkylation sites (N-methyl/N-ethyl adjacent to an activating group) is 1. The molecule has 1 amide bonds. The number of benzene rings is 2. The van der Waals surface area contributed by atoms with Gasteiger partial charge in [-0.1, -0.05) is 22.0 Å². The van der Waals surface area contributed by atoms with Gasteiger partial charge in [0.1, 0.15) is 0 Å². The summed E-state index contributed by atoms with van der Waals surface area (Å²) >= 11 is 3.48. The van der Waals surface area contributed by atoms with Crippen LogP contribution in [0.3, 0.4) is 0 Å². The first kappa shape index (κ1) is 16.6. The molecule has 124 valence electrons. The van der Waals surface area contributed by atoms with E-state index >= 15 is 0 Å². The van der Waals surface area contributed by atoms with Crippen molar-refractivity contribution in [2.45, 2.75) is 6.92 Å². The Balaban J connectivity index is 2.07. The van der Waals surface area contributed by atoms with Crippen LogP contribution in [-0.2, 0) is 4.79 Å². The Morgan fingerprint density at radius 2 is 1.96 bits per heavy atom. The minimum Gasteiger partial charge on any atom is -0.493 e. The number of methoxy groups -OCH3 is 1. The van der Waals surface area contributed by atoms with Crippen LogP contribution >= 0.6 is 15.9 Å². The van der Waals surface area contributed by atoms with Crippen molar-refractivity contribution in [3.63, 3.8) is 0 Å². The number of fused-ring (bicyclic) bond motifs is 1. The summed E-state index contributed by atoms with van der Waals surface area (Å²) in [5, 5.41) is 0. The summed E-state index contributed by atoms with van der Waals surface area (Å²) < 4.78 is 11.9. The molecule has 1 aliphatic rings. The molecule has 5 heteroatoms. The molecule has 1 aliphatic heterocycles. The molecule has 0 unspecified atom stereocenters. The lowest BCUT2D eigenvalue weighted by Gasteiger charge is -2.10. The first-order valence-electron chi connectivity index (χ1n) is 7.65. The number of hydrogen-bond acceptors (Lipinski definition) is 3. The highest BCUT2D eigenvalue weighted by Crippen LogP contribution is 2.39. The maximum Gasteiger partial charge on any atom is 0.258 e. The quantitative estimate of drug-likeness (QED) is 0.730. The molecule has 0 saturated heterocycles. The van der Waals surface area contributed by atoms with E-state index in [1.165, 1.54) is 0 Å². The van der Waals surface area contributed by atoms with E-state index in [4.69, 9.17) is 9.47 Å². The van der Waals surface area contributed by atoms with Crippen LogP contribution < -0.4 is 14.4 Å². The first-order valence-corrected chi connectivity index (χ1v) is 8.45. The Kier molecular flexibility index (Phi) is 4.62. The van der Waals surface area contributed by atoms with Crippen molar-refractivity contribution in [1.29, 1.82) is 0 Å². The van der Waals surface area contributed by atoms with Crippen LogP contribution in [0, 0.1) is 0 Å². The lowest BCUT2D eigenvalue weighted by atomic mass is 10.0. The Bertz CT molecular complexity index is 829. The lowest BCUT2D eigenvalue weighted by Crippen LogP contribution is -2.20. The molecule has 0 fully saturated rings. The molecule has 0 N–H and O–H groups in total. The van der Waals surface area contributed by atoms with Gasteiger partial charge in [0.2, 0.25) is 0 Å². The molecule has 2 aromatic carbocycles. The van der Waals surface area contributed by atoms with Crippen LogP contribution in [0.25, 0.3) is 11.6 Å². The molecule has 0 radical (unpaired) electrons. The summed E-state index contributed by atoms with van der Waals surface area (Å²) in [6, 6.07) is 11.5. The molecule has 3 rings (SSSR count). The van der Waals surface area contributed by atoms with Crippen molar-refractivity contribution < 1.29 is 14.3 Å². The number of carbonyl (C=O) groups excluding carboxylic acids is 1. The molecule has 4 nitrogen and oxygen atoms in total. The maximum atomic E-state index is 12.6. The first-order chi connectivity index (χ1) is 11.5. The predicted octanol–water partition coefficient (Wildman–Crippen LogP) is 4.37. The average Bonchev–Trinajstić information content (AvgIpc) is 2.80. The van der Waals surface area contributed by atoms with Gasteiger partial charge in [0.05, 0.1) is 19.4 Å². The highest BCUT2D eigenvalue weighted by molar-refractivity contribution is 9.10. The second kappa shape index (κ2) is 6.69. The predicted molar refractivity (Wildman–Crippen MR) is 99.6 cm³/mol. The topological polar surface area (TPSA) is 38.8 Å². The second-order valence-electron chi connectivity index (χ2n) is 5.43. The molecule has 0 bridgehead atoms. The van der Waals surface area contributed by atoms with Crippen LogP contribution in [0.1, 0.15) is 18.1 Å². The van der Waals surface area contributed by atoms with Gasteiger partial charge in [-0.3, -0.25) is 4.79 Å². The van der Waals surface area contributed by atoms with E-state index in [1.54, 1.807) is 19.1 Å². The van der Waals surface area contributed by atoms with Gasteiger partial charge in [0.25, 0.3) is 5.91 Å². The Morgan fingerprint density at radius 1 is 1.17 bits per heavy atom. The van der Waals surface area contributed by atoms with Crippen molar-refractivity contribution in [3.05, 3.63) is 52.0 Å². The fourth-order valence-electron chi connectivity index (χ4n) is 2.78. The van der Waals surface area contributed by atoms with E-state index in [-0.39, 0.29) is 5.91 Å². The summed E-state index contributed by atoms with van der Waals surface area (Å²) in [5.74, 6) is 1.33. The van der Waals surface area contributed by atoms with Crippen LogP contribution in [0.15, 0.2) is 40.9 Å². The Hall–Kier alpha value is -2.27. The van der Waals surface area contributed by atoms with Gasteiger partial charge in [-0.05, 0) is 48.9 Å². The van der Waals surface area contributed by atoms with Crippen molar-refractivity contribution in [1.82, 2.24) is 0 Å². The molecule has 0 aromatic heterocycles. The van der Waals surface area contributed by atoms with Gasteiger partial charge < -0.3 is 14.4 Å². The molecular formula is C19H18BrNO3. The zero-order chi connectivity index (χ0) is 17.3. The third kappa shape index (κ3) is 2.91. The SMILES string of the molecule is CCOc1cc(C=C2C(=O)N(C)c3ccc(Br)cc32)ccc1OC. The van der Waals surface area contributed by atoms with Crippen molar-refractivity contribution in [2.75, 3.05) is 25.7 Å². The van der Waals surface area contributed by atoms with Crippen LogP contribution in [0.5, 0.6) is 11.5 Å². The standard InChI is InChI=1S/C19H18BrNO3/c1-4-24-18-10-12(5-8-17(18)23-3)9-15-14-11-13(20)6-7-16(14)21(2)19(15)22/h5-11H,4H2,1-3H3. The van der Waals surface area contributed by atoms with Gasteiger partial charge in [0.15, 0.2) is 11.5 Å². The van der Waals surface area contributed by atoms with Gasteiger partial charge in [-0.15, -0.1) is 0 Å². The Morgan fingerprint density at radius 3 is 2.67 bits per heavy atom. The van der Waals surface area contributed by atoms with Gasteiger partial charge in [0, 0.05) is 22.7 Å². The number of carbonyl (C=O) groups is 1. The van der Waals surface area contributed by atoms with Crippen molar-refractivity contribution >= 4 is 39.2 Å². The van der Waals surface area contributed by atoms with Crippen molar-refractivity contribution in [2.24, 2.45) is 0 Å². The number of nitrogens with zero attached hydrogens (tertiary/aromatic N) is 1. The number of halogens is 1. The highest BCUT2D eigenvalue weighted by atomic mass is 79.9. The molecular weight excluding hydrogens is 370 g/mol. The van der Waals surface area contributed by atoms with Crippen molar-refractivity contribution in [3.8, 4) is 11.5 Å². The molecule has 2 aromatic rings. The summed E-state index contributed by atoms with van der Waals surface area (Å²) in [6.07, 6.45) is 1.89. The summed E-state index contributed by atoms with van der Waals surface area (Å²) in [6.45, 7) is 2.47. The largest absolute Gasteiger partial charge is 0.493 e. The number of anilines is 1. The summed E-state index contributed by atoms with van der Waals surface area (Å²) in [5.41, 5.74) is 3.39. The Labute approximate surface area is 149 Å². The molecule has 0 aliphatic carbocycles. The monoisotopic (exact) mass is 387 g/mol.